The number of hydrogen-bond acceptors (Lipinski definition) is 3. The second-order valence-corrected chi connectivity index (χ2v) is 4.92. The van der Waals surface area contributed by atoms with Crippen molar-refractivity contribution in [3.05, 3.63) is 0 Å². The lowest BCUT2D eigenvalue weighted by atomic mass is 9.91. The Bertz CT molecular complexity index is 263. The van der Waals surface area contributed by atoms with Crippen molar-refractivity contribution in [1.29, 1.82) is 0 Å². The molecule has 12 heavy (non-hydrogen) atoms. The quantitative estimate of drug-likeness (QED) is 0.628. The van der Waals surface area contributed by atoms with E-state index in [1.54, 1.807) is 20.8 Å². The number of carbonyl (C=O) groups is 1. The Balaban J connectivity index is 4.07. The molecule has 3 N–H and O–H groups in total. The summed E-state index contributed by atoms with van der Waals surface area (Å²) in [6, 6.07) is 0. The zero-order valence-corrected chi connectivity index (χ0v) is 8.23. The van der Waals surface area contributed by atoms with Gasteiger partial charge in [0, 0.05) is 5.41 Å². The van der Waals surface area contributed by atoms with Crippen molar-refractivity contribution < 1.29 is 13.2 Å². The molecule has 0 aromatic rings. The van der Waals surface area contributed by atoms with Crippen molar-refractivity contribution in [3.8, 4) is 0 Å². The normalized spacial score (nSPS) is 13.0. The number of rotatable bonds is 3. The molecule has 0 aliphatic rings. The summed E-state index contributed by atoms with van der Waals surface area (Å²) < 4.78 is 22.7. The molecular formula is C6H14N2O3S. The van der Waals surface area contributed by atoms with Crippen LogP contribution in [-0.2, 0) is 15.0 Å². The standard InChI is InChI=1S/C6H14N2O3S/c1-6(2,3)5(9)4-8-12(7,10)11/h8H,4H2,1-3H3,(H2,7,10,11). The number of carbonyl (C=O) groups excluding carboxylic acids is 1. The van der Waals surface area contributed by atoms with Gasteiger partial charge in [-0.1, -0.05) is 20.8 Å². The second kappa shape index (κ2) is 3.51. The highest BCUT2D eigenvalue weighted by Gasteiger charge is 2.21. The van der Waals surface area contributed by atoms with Gasteiger partial charge in [0.05, 0.1) is 6.54 Å². The van der Waals surface area contributed by atoms with Crippen LogP contribution in [0.15, 0.2) is 0 Å². The fraction of sp³-hybridized carbons (Fsp3) is 0.833. The molecule has 0 rings (SSSR count). The van der Waals surface area contributed by atoms with Crippen LogP contribution < -0.4 is 9.86 Å². The highest BCUT2D eigenvalue weighted by Crippen LogP contribution is 2.13. The number of hydrogen-bond donors (Lipinski definition) is 2. The van der Waals surface area contributed by atoms with Gasteiger partial charge in [-0.05, 0) is 0 Å². The Labute approximate surface area is 72.5 Å². The largest absolute Gasteiger partial charge is 0.298 e. The SMILES string of the molecule is CC(C)(C)C(=O)CNS(N)(=O)=O. The van der Waals surface area contributed by atoms with E-state index in [1.165, 1.54) is 0 Å². The van der Waals surface area contributed by atoms with Gasteiger partial charge < -0.3 is 0 Å². The zero-order chi connectivity index (χ0) is 9.99. The summed E-state index contributed by atoms with van der Waals surface area (Å²) in [5, 5.41) is 4.64. The summed E-state index contributed by atoms with van der Waals surface area (Å²) in [5.74, 6) is -0.198. The maximum atomic E-state index is 11.1. The Kier molecular flexibility index (Phi) is 3.37. The number of ketones is 1. The molecule has 0 aliphatic carbocycles. The predicted molar refractivity (Wildman–Crippen MR) is 45.6 cm³/mol. The minimum atomic E-state index is -3.75. The first-order valence-electron chi connectivity index (χ1n) is 3.43. The first kappa shape index (κ1) is 11.5. The first-order chi connectivity index (χ1) is 5.13. The van der Waals surface area contributed by atoms with E-state index < -0.39 is 15.6 Å². The Morgan fingerprint density at radius 2 is 1.83 bits per heavy atom. The molecule has 0 aliphatic heterocycles. The van der Waals surface area contributed by atoms with Gasteiger partial charge in [-0.15, -0.1) is 0 Å². The summed E-state index contributed by atoms with van der Waals surface area (Å²) in [5.41, 5.74) is -0.544. The second-order valence-electron chi connectivity index (χ2n) is 3.54. The average Bonchev–Trinajstić information content (AvgIpc) is 1.78. The summed E-state index contributed by atoms with van der Waals surface area (Å²) in [7, 11) is -3.75. The topological polar surface area (TPSA) is 89.3 Å². The Hall–Kier alpha value is -0.460. The van der Waals surface area contributed by atoms with Gasteiger partial charge in [0.25, 0.3) is 10.2 Å². The molecule has 0 aromatic carbocycles. The van der Waals surface area contributed by atoms with Gasteiger partial charge in [-0.25, -0.2) is 5.14 Å². The summed E-state index contributed by atoms with van der Waals surface area (Å²) in [6.07, 6.45) is 0. The highest BCUT2D eigenvalue weighted by molar-refractivity contribution is 7.87. The molecule has 0 saturated carbocycles. The number of nitrogens with two attached hydrogens (primary N) is 1. The molecule has 0 aromatic heterocycles. The lowest BCUT2D eigenvalue weighted by Gasteiger charge is -2.15. The van der Waals surface area contributed by atoms with E-state index in [0.29, 0.717) is 0 Å². The molecule has 5 nitrogen and oxygen atoms in total. The van der Waals surface area contributed by atoms with Crippen molar-refractivity contribution in [2.45, 2.75) is 20.8 Å². The fourth-order valence-corrected chi connectivity index (χ4v) is 0.764. The molecule has 0 bridgehead atoms. The number of nitrogens with one attached hydrogen (secondary N) is 1. The monoisotopic (exact) mass is 194 g/mol. The molecule has 0 heterocycles. The van der Waals surface area contributed by atoms with Crippen LogP contribution in [-0.4, -0.2) is 20.7 Å². The zero-order valence-electron chi connectivity index (χ0n) is 7.42. The molecule has 72 valence electrons. The lowest BCUT2D eigenvalue weighted by molar-refractivity contribution is -0.125. The van der Waals surface area contributed by atoms with E-state index in [4.69, 9.17) is 0 Å². The van der Waals surface area contributed by atoms with E-state index >= 15 is 0 Å². The molecular weight excluding hydrogens is 180 g/mol. The van der Waals surface area contributed by atoms with E-state index in [0.717, 1.165) is 0 Å². The van der Waals surface area contributed by atoms with Crippen LogP contribution in [0.5, 0.6) is 0 Å². The lowest BCUT2D eigenvalue weighted by Crippen LogP contribution is -2.38. The van der Waals surface area contributed by atoms with Gasteiger partial charge in [-0.2, -0.15) is 13.1 Å². The van der Waals surface area contributed by atoms with Crippen LogP contribution in [0.25, 0.3) is 0 Å². The van der Waals surface area contributed by atoms with Gasteiger partial charge in [0.1, 0.15) is 0 Å². The maximum absolute atomic E-state index is 11.1. The third-order valence-electron chi connectivity index (χ3n) is 1.27. The molecule has 0 fully saturated rings. The van der Waals surface area contributed by atoms with Gasteiger partial charge in [0.2, 0.25) is 0 Å². The summed E-state index contributed by atoms with van der Waals surface area (Å²) in [6.45, 7) is 4.88. The van der Waals surface area contributed by atoms with Gasteiger partial charge >= 0.3 is 0 Å². The van der Waals surface area contributed by atoms with Crippen LogP contribution in [0.2, 0.25) is 0 Å². The maximum Gasteiger partial charge on any atom is 0.274 e. The molecule has 0 saturated heterocycles. The van der Waals surface area contributed by atoms with E-state index in [-0.39, 0.29) is 12.3 Å². The Morgan fingerprint density at radius 1 is 1.42 bits per heavy atom. The van der Waals surface area contributed by atoms with Crippen LogP contribution in [0.1, 0.15) is 20.8 Å². The molecule has 0 unspecified atom stereocenters. The Morgan fingerprint density at radius 3 is 2.08 bits per heavy atom. The van der Waals surface area contributed by atoms with Crippen LogP contribution in [0.4, 0.5) is 0 Å². The van der Waals surface area contributed by atoms with Gasteiger partial charge in [-0.3, -0.25) is 4.79 Å². The van der Waals surface area contributed by atoms with Gasteiger partial charge in [0.15, 0.2) is 5.78 Å². The van der Waals surface area contributed by atoms with E-state index in [2.05, 4.69) is 5.14 Å². The highest BCUT2D eigenvalue weighted by atomic mass is 32.2. The molecule has 6 heteroatoms. The smallest absolute Gasteiger partial charge is 0.274 e. The van der Waals surface area contributed by atoms with Crippen molar-refractivity contribution in [3.63, 3.8) is 0 Å². The van der Waals surface area contributed by atoms with Crippen LogP contribution >= 0.6 is 0 Å². The molecule has 0 spiro atoms. The third-order valence-corrected chi connectivity index (χ3v) is 1.82. The van der Waals surface area contributed by atoms with Crippen molar-refractivity contribution in [2.24, 2.45) is 10.6 Å². The van der Waals surface area contributed by atoms with Crippen LogP contribution in [0, 0.1) is 5.41 Å². The van der Waals surface area contributed by atoms with Crippen molar-refractivity contribution in [1.82, 2.24) is 4.72 Å². The van der Waals surface area contributed by atoms with Crippen molar-refractivity contribution in [2.75, 3.05) is 6.54 Å². The fourth-order valence-electron chi connectivity index (χ4n) is 0.431. The molecule has 0 radical (unpaired) electrons. The third kappa shape index (κ3) is 5.22. The van der Waals surface area contributed by atoms with E-state index in [9.17, 15) is 13.2 Å². The number of Topliss-reactive ketones (excluding diaryl/α,β-unsaturated/α-hetero) is 1. The average molecular weight is 194 g/mol. The molecule has 0 atom stereocenters. The van der Waals surface area contributed by atoms with Crippen LogP contribution in [0.3, 0.4) is 0 Å². The summed E-state index contributed by atoms with van der Waals surface area (Å²) in [4.78, 5) is 11.1. The first-order valence-corrected chi connectivity index (χ1v) is 4.98. The molecule has 0 amide bonds. The minimum absolute atomic E-state index is 0.198. The summed E-state index contributed by atoms with van der Waals surface area (Å²) >= 11 is 0. The van der Waals surface area contributed by atoms with E-state index in [1.807, 2.05) is 4.72 Å². The van der Waals surface area contributed by atoms with Crippen molar-refractivity contribution >= 4 is 16.0 Å². The minimum Gasteiger partial charge on any atom is -0.298 e. The predicted octanol–water partition coefficient (Wildman–Crippen LogP) is -0.605.